The van der Waals surface area contributed by atoms with E-state index in [9.17, 15) is 4.79 Å². The Kier molecular flexibility index (Phi) is 4.49. The van der Waals surface area contributed by atoms with Gasteiger partial charge in [-0.2, -0.15) is 0 Å². The van der Waals surface area contributed by atoms with Crippen LogP contribution < -0.4 is 0 Å². The van der Waals surface area contributed by atoms with Crippen molar-refractivity contribution in [3.63, 3.8) is 0 Å². The van der Waals surface area contributed by atoms with Crippen LogP contribution in [0.5, 0.6) is 0 Å². The minimum atomic E-state index is -0.434. The van der Waals surface area contributed by atoms with Crippen LogP contribution in [0.1, 0.15) is 26.8 Å². The summed E-state index contributed by atoms with van der Waals surface area (Å²) in [6.07, 6.45) is 1.45. The molecule has 0 spiro atoms. The molecule has 0 saturated carbocycles. The second-order valence-electron chi connectivity index (χ2n) is 4.56. The maximum atomic E-state index is 11.6. The SMILES string of the molecule is COC(=O)c1ccoc1CSc1nnc(-c2sc(C)nc2C)o1. The Morgan fingerprint density at radius 1 is 1.39 bits per heavy atom. The van der Waals surface area contributed by atoms with E-state index in [1.165, 1.54) is 36.5 Å². The van der Waals surface area contributed by atoms with Crippen molar-refractivity contribution >= 4 is 29.1 Å². The van der Waals surface area contributed by atoms with Crippen molar-refractivity contribution in [1.29, 1.82) is 0 Å². The van der Waals surface area contributed by atoms with Crippen LogP contribution in [-0.4, -0.2) is 28.3 Å². The van der Waals surface area contributed by atoms with E-state index in [1.54, 1.807) is 6.07 Å². The second-order valence-corrected chi connectivity index (χ2v) is 6.69. The molecule has 0 amide bonds. The van der Waals surface area contributed by atoms with E-state index in [0.717, 1.165) is 15.6 Å². The van der Waals surface area contributed by atoms with Gasteiger partial charge in [-0.25, -0.2) is 9.78 Å². The van der Waals surface area contributed by atoms with Crippen molar-refractivity contribution in [2.75, 3.05) is 7.11 Å². The number of aromatic nitrogens is 3. The molecule has 0 aliphatic heterocycles. The number of thiazole rings is 1. The number of ether oxygens (including phenoxy) is 1. The Bertz CT molecular complexity index is 837. The third kappa shape index (κ3) is 3.30. The van der Waals surface area contributed by atoms with E-state index < -0.39 is 5.97 Å². The van der Waals surface area contributed by atoms with Gasteiger partial charge in [-0.3, -0.25) is 0 Å². The van der Waals surface area contributed by atoms with Crippen LogP contribution in [0, 0.1) is 13.8 Å². The van der Waals surface area contributed by atoms with Crippen molar-refractivity contribution < 1.29 is 18.4 Å². The van der Waals surface area contributed by atoms with E-state index in [4.69, 9.17) is 13.6 Å². The van der Waals surface area contributed by atoms with Crippen molar-refractivity contribution in [2.45, 2.75) is 24.8 Å². The molecule has 7 nitrogen and oxygen atoms in total. The van der Waals surface area contributed by atoms with Crippen LogP contribution in [0.25, 0.3) is 10.8 Å². The number of carbonyl (C=O) groups excluding carboxylic acids is 1. The molecule has 0 saturated heterocycles. The van der Waals surface area contributed by atoms with Crippen molar-refractivity contribution in [1.82, 2.24) is 15.2 Å². The second kappa shape index (κ2) is 6.55. The summed E-state index contributed by atoms with van der Waals surface area (Å²) in [7, 11) is 1.33. The summed E-state index contributed by atoms with van der Waals surface area (Å²) in [4.78, 5) is 16.8. The summed E-state index contributed by atoms with van der Waals surface area (Å²) in [5.74, 6) is 0.908. The Balaban J connectivity index is 1.72. The molecule has 23 heavy (non-hydrogen) atoms. The highest BCUT2D eigenvalue weighted by atomic mass is 32.2. The van der Waals surface area contributed by atoms with Gasteiger partial charge in [0.25, 0.3) is 11.1 Å². The number of hydrogen-bond acceptors (Lipinski definition) is 9. The van der Waals surface area contributed by atoms with Gasteiger partial charge in [-0.1, -0.05) is 11.8 Å². The first-order valence-corrected chi connectivity index (χ1v) is 8.44. The molecule has 3 rings (SSSR count). The summed E-state index contributed by atoms with van der Waals surface area (Å²) in [5.41, 5.74) is 1.26. The standard InChI is InChI=1S/C14H13N3O4S2/c1-7-11(23-8(2)15-7)12-16-17-14(21-12)22-6-10-9(4-5-20-10)13(18)19-3/h4-5H,6H2,1-3H3. The monoisotopic (exact) mass is 351 g/mol. The quantitative estimate of drug-likeness (QED) is 0.509. The fraction of sp³-hybridized carbons (Fsp3) is 0.286. The predicted molar refractivity (Wildman–Crippen MR) is 84.5 cm³/mol. The van der Waals surface area contributed by atoms with Crippen LogP contribution in [0.2, 0.25) is 0 Å². The molecule has 0 fully saturated rings. The first-order valence-electron chi connectivity index (χ1n) is 6.64. The van der Waals surface area contributed by atoms with Crippen LogP contribution >= 0.6 is 23.1 Å². The molecule has 9 heteroatoms. The van der Waals surface area contributed by atoms with Crippen molar-refractivity contribution in [3.8, 4) is 10.8 Å². The Morgan fingerprint density at radius 3 is 2.91 bits per heavy atom. The number of rotatable bonds is 5. The van der Waals surface area contributed by atoms with Gasteiger partial charge in [0.2, 0.25) is 0 Å². The zero-order valence-corrected chi connectivity index (χ0v) is 14.3. The molecule has 0 atom stereocenters. The lowest BCUT2D eigenvalue weighted by Gasteiger charge is -1.98. The Morgan fingerprint density at radius 2 is 2.22 bits per heavy atom. The van der Waals surface area contributed by atoms with E-state index in [1.807, 2.05) is 13.8 Å². The van der Waals surface area contributed by atoms with E-state index in [2.05, 4.69) is 15.2 Å². The number of esters is 1. The maximum absolute atomic E-state index is 11.6. The summed E-state index contributed by atoms with van der Waals surface area (Å²) in [6.45, 7) is 3.83. The molecule has 120 valence electrons. The smallest absolute Gasteiger partial charge is 0.341 e. The number of nitrogens with zero attached hydrogens (tertiary/aromatic N) is 3. The van der Waals surface area contributed by atoms with Crippen molar-refractivity contribution in [2.24, 2.45) is 0 Å². The molecular weight excluding hydrogens is 338 g/mol. The number of furan rings is 1. The van der Waals surface area contributed by atoms with Crippen molar-refractivity contribution in [3.05, 3.63) is 34.4 Å². The van der Waals surface area contributed by atoms with Crippen LogP contribution in [0.15, 0.2) is 26.4 Å². The molecule has 3 heterocycles. The highest BCUT2D eigenvalue weighted by Crippen LogP contribution is 2.31. The number of thioether (sulfide) groups is 1. The molecule has 3 aromatic heterocycles. The number of methoxy groups -OCH3 is 1. The van der Waals surface area contributed by atoms with Gasteiger partial charge in [0.15, 0.2) is 0 Å². The maximum Gasteiger partial charge on any atom is 0.341 e. The van der Waals surface area contributed by atoms with E-state index in [-0.39, 0.29) is 0 Å². The van der Waals surface area contributed by atoms with E-state index >= 15 is 0 Å². The molecular formula is C14H13N3O4S2. The highest BCUT2D eigenvalue weighted by Gasteiger charge is 2.18. The molecule has 0 aliphatic rings. The zero-order valence-electron chi connectivity index (χ0n) is 12.7. The third-order valence-corrected chi connectivity index (χ3v) is 4.86. The van der Waals surface area contributed by atoms with E-state index in [0.29, 0.717) is 28.2 Å². The summed E-state index contributed by atoms with van der Waals surface area (Å²) >= 11 is 2.80. The normalized spacial score (nSPS) is 10.9. The average Bonchev–Trinajstić information content (AvgIpc) is 3.24. The topological polar surface area (TPSA) is 91.2 Å². The Hall–Kier alpha value is -2.13. The minimum Gasteiger partial charge on any atom is -0.468 e. The van der Waals surface area contributed by atoms with Gasteiger partial charge >= 0.3 is 5.97 Å². The van der Waals surface area contributed by atoms with Gasteiger partial charge in [-0.15, -0.1) is 21.5 Å². The number of carbonyl (C=O) groups is 1. The lowest BCUT2D eigenvalue weighted by molar-refractivity contribution is 0.0598. The largest absolute Gasteiger partial charge is 0.468 e. The Labute approximate surface area is 140 Å². The number of aryl methyl sites for hydroxylation is 2. The molecule has 0 radical (unpaired) electrons. The zero-order chi connectivity index (χ0) is 16.4. The molecule has 3 aromatic rings. The fourth-order valence-electron chi connectivity index (χ4n) is 1.96. The summed E-state index contributed by atoms with van der Waals surface area (Å²) in [5, 5.41) is 9.40. The van der Waals surface area contributed by atoms with Gasteiger partial charge in [0.1, 0.15) is 16.2 Å². The first kappa shape index (κ1) is 15.8. The molecule has 0 aromatic carbocycles. The summed E-state index contributed by atoms with van der Waals surface area (Å²) in [6, 6.07) is 1.57. The summed E-state index contributed by atoms with van der Waals surface area (Å²) < 4.78 is 15.6. The molecule has 0 unspecified atom stereocenters. The van der Waals surface area contributed by atoms with Gasteiger partial charge in [0.05, 0.1) is 29.8 Å². The number of hydrogen-bond donors (Lipinski definition) is 0. The first-order chi connectivity index (χ1) is 11.1. The molecule has 0 N–H and O–H groups in total. The average molecular weight is 351 g/mol. The van der Waals surface area contributed by atoms with Gasteiger partial charge in [-0.05, 0) is 19.9 Å². The van der Waals surface area contributed by atoms with Gasteiger partial charge < -0.3 is 13.6 Å². The van der Waals surface area contributed by atoms with Gasteiger partial charge in [0, 0.05) is 0 Å². The predicted octanol–water partition coefficient (Wildman–Crippen LogP) is 3.48. The lowest BCUT2D eigenvalue weighted by Crippen LogP contribution is -2.02. The highest BCUT2D eigenvalue weighted by molar-refractivity contribution is 7.98. The van der Waals surface area contributed by atoms with Crippen LogP contribution in [0.4, 0.5) is 0 Å². The molecule has 0 aliphatic carbocycles. The van der Waals surface area contributed by atoms with Crippen LogP contribution in [-0.2, 0) is 10.5 Å². The van der Waals surface area contributed by atoms with Crippen LogP contribution in [0.3, 0.4) is 0 Å². The lowest BCUT2D eigenvalue weighted by atomic mass is 10.3. The molecule has 0 bridgehead atoms. The minimum absolute atomic E-state index is 0.389. The fourth-order valence-corrected chi connectivity index (χ4v) is 3.52. The third-order valence-electron chi connectivity index (χ3n) is 2.98.